The maximum Gasteiger partial charge on any atom is 0.517 e. The summed E-state index contributed by atoms with van der Waals surface area (Å²) >= 11 is 0. The van der Waals surface area contributed by atoms with Crippen LogP contribution < -0.4 is 5.59 Å². The smallest absolute Gasteiger partial charge is 0.398 e. The number of hydrogen-bond donors (Lipinski definition) is 0. The van der Waals surface area contributed by atoms with E-state index in [0.717, 1.165) is 12.1 Å². The molecule has 2 aromatic rings. The number of hydrogen-bond acceptors (Lipinski definition) is 3. The molecule has 112 valence electrons. The van der Waals surface area contributed by atoms with Crippen LogP contribution in [0.15, 0.2) is 12.1 Å². The molecule has 8 heteroatoms. The highest BCUT2D eigenvalue weighted by atomic mass is 31.0. The molecule has 0 radical (unpaired) electrons. The number of benzene rings is 1. The first-order chi connectivity index (χ1) is 9.62. The van der Waals surface area contributed by atoms with E-state index in [1.54, 1.807) is 0 Å². The number of rotatable bonds is 1. The minimum Gasteiger partial charge on any atom is -0.398 e. The summed E-state index contributed by atoms with van der Waals surface area (Å²) in [6.07, 6.45) is 0. The second kappa shape index (κ2) is 4.48. The third-order valence-electron chi connectivity index (χ3n) is 4.25. The molecular formula is C13H16BF2N2O2P. The van der Waals surface area contributed by atoms with Gasteiger partial charge in [-0.25, -0.2) is 8.78 Å². The van der Waals surface area contributed by atoms with Crippen LogP contribution in [0.5, 0.6) is 0 Å². The molecule has 0 bridgehead atoms. The lowest BCUT2D eigenvalue weighted by molar-refractivity contribution is 0.00578. The van der Waals surface area contributed by atoms with Gasteiger partial charge >= 0.3 is 7.12 Å². The molecule has 4 nitrogen and oxygen atoms in total. The Morgan fingerprint density at radius 2 is 1.62 bits per heavy atom. The summed E-state index contributed by atoms with van der Waals surface area (Å²) in [5.74, 6) is -1.83. The fraction of sp³-hybridized carbons (Fsp3) is 0.462. The van der Waals surface area contributed by atoms with Crippen molar-refractivity contribution in [1.82, 2.24) is 9.55 Å². The SMILES string of the molecule is CC1(C)OB(c2nn(P)c3cc(F)c(F)cc23)OC1(C)C. The maximum atomic E-state index is 13.5. The van der Waals surface area contributed by atoms with Crippen LogP contribution in [0.2, 0.25) is 0 Å². The molecule has 0 N–H and O–H groups in total. The van der Waals surface area contributed by atoms with Gasteiger partial charge in [0, 0.05) is 11.5 Å². The molecule has 0 amide bonds. The Hall–Kier alpha value is -1.04. The third kappa shape index (κ3) is 2.19. The Labute approximate surface area is 124 Å². The summed E-state index contributed by atoms with van der Waals surface area (Å²) in [4.78, 5) is 0. The highest BCUT2D eigenvalue weighted by Crippen LogP contribution is 2.37. The first kappa shape index (κ1) is 14.9. The van der Waals surface area contributed by atoms with E-state index in [0.29, 0.717) is 16.5 Å². The molecule has 1 unspecified atom stereocenters. The van der Waals surface area contributed by atoms with E-state index in [-0.39, 0.29) is 0 Å². The van der Waals surface area contributed by atoms with Gasteiger partial charge in [0.25, 0.3) is 0 Å². The standard InChI is InChI=1S/C13H16BF2N2O2P/c1-12(2)13(3,4)20-14(19-12)11-7-5-8(15)9(16)6-10(7)18(21)17-11/h5-6H,21H2,1-4H3. The van der Waals surface area contributed by atoms with Gasteiger partial charge in [-0.15, -0.1) is 0 Å². The summed E-state index contributed by atoms with van der Waals surface area (Å²) < 4.78 is 40.2. The van der Waals surface area contributed by atoms with Crippen LogP contribution in [-0.2, 0) is 9.31 Å². The monoisotopic (exact) mass is 312 g/mol. The fourth-order valence-corrected chi connectivity index (χ4v) is 2.62. The van der Waals surface area contributed by atoms with Gasteiger partial charge in [-0.05, 0) is 43.2 Å². The molecule has 21 heavy (non-hydrogen) atoms. The van der Waals surface area contributed by atoms with E-state index in [2.05, 4.69) is 14.5 Å². The van der Waals surface area contributed by atoms with Gasteiger partial charge in [0.05, 0.1) is 16.7 Å². The van der Waals surface area contributed by atoms with E-state index in [4.69, 9.17) is 9.31 Å². The van der Waals surface area contributed by atoms with Crippen molar-refractivity contribution >= 4 is 33.0 Å². The van der Waals surface area contributed by atoms with Gasteiger partial charge in [0.2, 0.25) is 0 Å². The number of nitrogens with zero attached hydrogens (tertiary/aromatic N) is 2. The van der Waals surface area contributed by atoms with E-state index >= 15 is 0 Å². The highest BCUT2D eigenvalue weighted by molar-refractivity contribution is 7.14. The van der Waals surface area contributed by atoms with Gasteiger partial charge in [-0.1, -0.05) is 0 Å². The summed E-state index contributed by atoms with van der Waals surface area (Å²) in [5, 5.41) is 4.76. The van der Waals surface area contributed by atoms with E-state index < -0.39 is 30.0 Å². The van der Waals surface area contributed by atoms with Crippen molar-refractivity contribution in [2.75, 3.05) is 0 Å². The van der Waals surface area contributed by atoms with Gasteiger partial charge < -0.3 is 9.31 Å². The molecule has 1 aliphatic rings. The molecule has 1 saturated heterocycles. The van der Waals surface area contributed by atoms with Crippen molar-refractivity contribution in [3.63, 3.8) is 0 Å². The normalized spacial score (nSPS) is 20.4. The Balaban J connectivity index is 2.13. The topological polar surface area (TPSA) is 36.3 Å². The van der Waals surface area contributed by atoms with Gasteiger partial charge in [-0.3, -0.25) is 4.45 Å². The maximum absolute atomic E-state index is 13.5. The number of halogens is 2. The van der Waals surface area contributed by atoms with Crippen molar-refractivity contribution < 1.29 is 18.1 Å². The zero-order valence-electron chi connectivity index (χ0n) is 12.3. The second-order valence-corrected chi connectivity index (χ2v) is 6.69. The van der Waals surface area contributed by atoms with Crippen molar-refractivity contribution in [1.29, 1.82) is 0 Å². The molecule has 3 rings (SSSR count). The summed E-state index contributed by atoms with van der Waals surface area (Å²) in [7, 11) is 1.63. The number of fused-ring (bicyclic) bond motifs is 1. The first-order valence-corrected chi connectivity index (χ1v) is 7.12. The molecule has 0 saturated carbocycles. The fourth-order valence-electron chi connectivity index (χ4n) is 2.28. The lowest BCUT2D eigenvalue weighted by atomic mass is 9.82. The molecule has 0 aliphatic carbocycles. The average Bonchev–Trinajstić information content (AvgIpc) is 2.76. The summed E-state index contributed by atoms with van der Waals surface area (Å²) in [5.41, 5.74) is -0.137. The van der Waals surface area contributed by atoms with Crippen LogP contribution in [0.4, 0.5) is 8.78 Å². The van der Waals surface area contributed by atoms with Crippen molar-refractivity contribution in [3.05, 3.63) is 23.8 Å². The predicted octanol–water partition coefficient (Wildman–Crippen LogP) is 2.25. The lowest BCUT2D eigenvalue weighted by Gasteiger charge is -2.32. The zero-order chi connectivity index (χ0) is 15.6. The zero-order valence-corrected chi connectivity index (χ0v) is 13.4. The molecule has 1 fully saturated rings. The Bertz CT molecular complexity index is 717. The van der Waals surface area contributed by atoms with Crippen LogP contribution in [-0.4, -0.2) is 27.9 Å². The highest BCUT2D eigenvalue weighted by Gasteiger charge is 2.53. The van der Waals surface area contributed by atoms with Crippen LogP contribution in [0.1, 0.15) is 27.7 Å². The Kier molecular flexibility index (Phi) is 3.17. The van der Waals surface area contributed by atoms with E-state index in [1.165, 1.54) is 4.45 Å². The van der Waals surface area contributed by atoms with Crippen LogP contribution in [0, 0.1) is 11.6 Å². The Morgan fingerprint density at radius 3 is 2.19 bits per heavy atom. The minimum absolute atomic E-state index is 0.442. The molecule has 1 aromatic heterocycles. The first-order valence-electron chi connectivity index (χ1n) is 6.61. The van der Waals surface area contributed by atoms with Gasteiger partial charge in [0.1, 0.15) is 5.59 Å². The largest absolute Gasteiger partial charge is 0.517 e. The van der Waals surface area contributed by atoms with Crippen LogP contribution in [0.25, 0.3) is 10.9 Å². The summed E-state index contributed by atoms with van der Waals surface area (Å²) in [6, 6.07) is 2.23. The molecule has 0 spiro atoms. The Morgan fingerprint density at radius 1 is 1.10 bits per heavy atom. The number of aromatic nitrogens is 2. The van der Waals surface area contributed by atoms with Crippen molar-refractivity contribution in [2.45, 2.75) is 38.9 Å². The average molecular weight is 312 g/mol. The van der Waals surface area contributed by atoms with Crippen molar-refractivity contribution in [3.8, 4) is 0 Å². The third-order valence-corrected chi connectivity index (χ3v) is 4.65. The van der Waals surface area contributed by atoms with Crippen LogP contribution in [0.3, 0.4) is 0 Å². The van der Waals surface area contributed by atoms with Crippen LogP contribution >= 0.6 is 9.39 Å². The molecule has 1 atom stereocenters. The quantitative estimate of drug-likeness (QED) is 0.599. The van der Waals surface area contributed by atoms with E-state index in [9.17, 15) is 8.78 Å². The molecular weight excluding hydrogens is 296 g/mol. The van der Waals surface area contributed by atoms with Gasteiger partial charge in [0.15, 0.2) is 11.6 Å². The lowest BCUT2D eigenvalue weighted by Crippen LogP contribution is -2.41. The second-order valence-electron chi connectivity index (χ2n) is 6.20. The molecule has 1 aromatic carbocycles. The predicted molar refractivity (Wildman–Crippen MR) is 80.5 cm³/mol. The summed E-state index contributed by atoms with van der Waals surface area (Å²) in [6.45, 7) is 7.69. The van der Waals surface area contributed by atoms with Gasteiger partial charge in [-0.2, -0.15) is 5.10 Å². The van der Waals surface area contributed by atoms with E-state index in [1.807, 2.05) is 27.7 Å². The molecule has 1 aliphatic heterocycles. The molecule has 2 heterocycles. The van der Waals surface area contributed by atoms with Crippen molar-refractivity contribution in [2.24, 2.45) is 0 Å². The minimum atomic E-state index is -0.918.